The quantitative estimate of drug-likeness (QED) is 0.528. The molecule has 0 aliphatic heterocycles. The number of benzene rings is 3. The van der Waals surface area contributed by atoms with Crippen LogP contribution in [0.2, 0.25) is 5.02 Å². The first kappa shape index (κ1) is 22.8. The van der Waals surface area contributed by atoms with Gasteiger partial charge in [-0.2, -0.15) is 0 Å². The van der Waals surface area contributed by atoms with E-state index in [-0.39, 0.29) is 34.7 Å². The van der Waals surface area contributed by atoms with E-state index in [0.29, 0.717) is 6.54 Å². The van der Waals surface area contributed by atoms with Gasteiger partial charge in [-0.05, 0) is 29.3 Å². The average Bonchev–Trinajstić information content (AvgIpc) is 2.78. The SMILES string of the molecule is CN(Cc1ccccc1)C(=O)COc1ccc(S(=O)(=O)NCc2ccccc2)cc1Cl. The van der Waals surface area contributed by atoms with E-state index < -0.39 is 10.0 Å². The molecule has 0 aliphatic carbocycles. The highest BCUT2D eigenvalue weighted by molar-refractivity contribution is 7.89. The van der Waals surface area contributed by atoms with Crippen molar-refractivity contribution in [1.29, 1.82) is 0 Å². The number of nitrogens with zero attached hydrogens (tertiary/aromatic N) is 1. The summed E-state index contributed by atoms with van der Waals surface area (Å²) in [7, 11) is -2.05. The van der Waals surface area contributed by atoms with Crippen LogP contribution in [-0.2, 0) is 27.9 Å². The summed E-state index contributed by atoms with van der Waals surface area (Å²) in [5, 5.41) is 0.112. The van der Waals surface area contributed by atoms with E-state index in [9.17, 15) is 13.2 Å². The Kier molecular flexibility index (Phi) is 7.68. The Morgan fingerprint density at radius 3 is 2.19 bits per heavy atom. The molecule has 8 heteroatoms. The highest BCUT2D eigenvalue weighted by atomic mass is 35.5. The number of nitrogens with one attached hydrogen (secondary N) is 1. The molecular weight excluding hydrogens is 436 g/mol. The van der Waals surface area contributed by atoms with Crippen LogP contribution in [-0.4, -0.2) is 32.9 Å². The van der Waals surface area contributed by atoms with Crippen LogP contribution < -0.4 is 9.46 Å². The molecule has 0 aromatic heterocycles. The summed E-state index contributed by atoms with van der Waals surface area (Å²) in [5.74, 6) is 0.0197. The van der Waals surface area contributed by atoms with E-state index in [4.69, 9.17) is 16.3 Å². The van der Waals surface area contributed by atoms with Crippen LogP contribution in [0.5, 0.6) is 5.75 Å². The smallest absolute Gasteiger partial charge is 0.260 e. The molecule has 0 unspecified atom stereocenters. The van der Waals surface area contributed by atoms with E-state index in [1.807, 2.05) is 60.7 Å². The number of carbonyl (C=O) groups is 1. The van der Waals surface area contributed by atoms with Crippen molar-refractivity contribution in [2.24, 2.45) is 0 Å². The lowest BCUT2D eigenvalue weighted by molar-refractivity contribution is -0.132. The lowest BCUT2D eigenvalue weighted by atomic mass is 10.2. The molecule has 0 aliphatic rings. The first-order valence-corrected chi connectivity index (χ1v) is 11.4. The van der Waals surface area contributed by atoms with Crippen molar-refractivity contribution in [3.8, 4) is 5.75 Å². The minimum atomic E-state index is -3.74. The normalized spacial score (nSPS) is 11.2. The summed E-state index contributed by atoms with van der Waals surface area (Å²) in [6.07, 6.45) is 0. The van der Waals surface area contributed by atoms with Gasteiger partial charge < -0.3 is 9.64 Å². The Labute approximate surface area is 187 Å². The molecule has 0 heterocycles. The number of likely N-dealkylation sites (N-methyl/N-ethyl adjacent to an activating group) is 1. The predicted octanol–water partition coefficient (Wildman–Crippen LogP) is 3.86. The van der Waals surface area contributed by atoms with Crippen LogP contribution in [0.15, 0.2) is 83.8 Å². The van der Waals surface area contributed by atoms with Crippen LogP contribution in [0.4, 0.5) is 0 Å². The zero-order valence-corrected chi connectivity index (χ0v) is 18.6. The van der Waals surface area contributed by atoms with E-state index in [1.54, 1.807) is 11.9 Å². The minimum Gasteiger partial charge on any atom is -0.482 e. The summed E-state index contributed by atoms with van der Waals surface area (Å²) in [6, 6.07) is 23.0. The number of hydrogen-bond donors (Lipinski definition) is 1. The van der Waals surface area contributed by atoms with Gasteiger partial charge in [-0.15, -0.1) is 0 Å². The number of sulfonamides is 1. The maximum atomic E-state index is 12.5. The van der Waals surface area contributed by atoms with Crippen molar-refractivity contribution in [3.63, 3.8) is 0 Å². The molecule has 162 valence electrons. The largest absolute Gasteiger partial charge is 0.482 e. The Morgan fingerprint density at radius 2 is 1.58 bits per heavy atom. The fraction of sp³-hybridized carbons (Fsp3) is 0.174. The third kappa shape index (κ3) is 6.55. The van der Waals surface area contributed by atoms with Gasteiger partial charge in [-0.1, -0.05) is 72.3 Å². The monoisotopic (exact) mass is 458 g/mol. The van der Waals surface area contributed by atoms with Crippen LogP contribution >= 0.6 is 11.6 Å². The first-order valence-electron chi connectivity index (χ1n) is 9.59. The number of halogens is 1. The summed E-state index contributed by atoms with van der Waals surface area (Å²) < 4.78 is 33.1. The number of carbonyl (C=O) groups excluding carboxylic acids is 1. The van der Waals surface area contributed by atoms with Crippen molar-refractivity contribution >= 4 is 27.5 Å². The van der Waals surface area contributed by atoms with Crippen molar-refractivity contribution in [3.05, 3.63) is 95.0 Å². The van der Waals surface area contributed by atoms with Gasteiger partial charge >= 0.3 is 0 Å². The Bertz CT molecular complexity index is 1120. The molecule has 0 atom stereocenters. The second-order valence-electron chi connectivity index (χ2n) is 6.93. The fourth-order valence-electron chi connectivity index (χ4n) is 2.82. The molecule has 31 heavy (non-hydrogen) atoms. The molecule has 3 rings (SSSR count). The topological polar surface area (TPSA) is 75.7 Å². The average molecular weight is 459 g/mol. The molecule has 0 saturated heterocycles. The van der Waals surface area contributed by atoms with Gasteiger partial charge in [0.15, 0.2) is 6.61 Å². The Hall–Kier alpha value is -2.87. The van der Waals surface area contributed by atoms with Gasteiger partial charge in [0.2, 0.25) is 10.0 Å². The predicted molar refractivity (Wildman–Crippen MR) is 120 cm³/mol. The number of hydrogen-bond acceptors (Lipinski definition) is 4. The molecular formula is C23H23ClN2O4S. The zero-order chi connectivity index (χ0) is 22.3. The maximum absolute atomic E-state index is 12.5. The van der Waals surface area contributed by atoms with Gasteiger partial charge in [0.05, 0.1) is 9.92 Å². The molecule has 0 fully saturated rings. The lowest BCUT2D eigenvalue weighted by Gasteiger charge is -2.18. The Morgan fingerprint density at radius 1 is 0.968 bits per heavy atom. The Balaban J connectivity index is 1.58. The number of amides is 1. The van der Waals surface area contributed by atoms with Crippen LogP contribution in [0, 0.1) is 0 Å². The molecule has 3 aromatic carbocycles. The summed E-state index contributed by atoms with van der Waals surface area (Å²) in [6.45, 7) is 0.420. The van der Waals surface area contributed by atoms with Crippen LogP contribution in [0.1, 0.15) is 11.1 Å². The number of rotatable bonds is 9. The standard InChI is InChI=1S/C23H23ClN2O4S/c1-26(16-19-10-6-3-7-11-19)23(27)17-30-22-13-12-20(14-21(22)24)31(28,29)25-15-18-8-4-2-5-9-18/h2-14,25H,15-17H2,1H3. The van der Waals surface area contributed by atoms with Crippen molar-refractivity contribution in [2.75, 3.05) is 13.7 Å². The van der Waals surface area contributed by atoms with E-state index in [1.165, 1.54) is 18.2 Å². The highest BCUT2D eigenvalue weighted by Gasteiger charge is 2.17. The molecule has 0 spiro atoms. The van der Waals surface area contributed by atoms with Gasteiger partial charge in [-0.3, -0.25) is 4.79 Å². The van der Waals surface area contributed by atoms with Gasteiger partial charge in [0.1, 0.15) is 5.75 Å². The molecule has 3 aromatic rings. The molecule has 0 saturated carbocycles. The first-order chi connectivity index (χ1) is 14.8. The van der Waals surface area contributed by atoms with Gasteiger partial charge in [0.25, 0.3) is 5.91 Å². The fourth-order valence-corrected chi connectivity index (χ4v) is 4.16. The summed E-state index contributed by atoms with van der Waals surface area (Å²) in [4.78, 5) is 13.9. The van der Waals surface area contributed by atoms with E-state index >= 15 is 0 Å². The van der Waals surface area contributed by atoms with Gasteiger partial charge in [-0.25, -0.2) is 13.1 Å². The molecule has 0 radical (unpaired) electrons. The molecule has 1 amide bonds. The lowest BCUT2D eigenvalue weighted by Crippen LogP contribution is -2.31. The molecule has 1 N–H and O–H groups in total. The minimum absolute atomic E-state index is 0.0216. The zero-order valence-electron chi connectivity index (χ0n) is 17.0. The summed E-state index contributed by atoms with van der Waals surface area (Å²) in [5.41, 5.74) is 1.85. The second kappa shape index (κ2) is 10.4. The molecule has 6 nitrogen and oxygen atoms in total. The van der Waals surface area contributed by atoms with E-state index in [0.717, 1.165) is 11.1 Å². The maximum Gasteiger partial charge on any atom is 0.260 e. The van der Waals surface area contributed by atoms with Crippen molar-refractivity contribution in [1.82, 2.24) is 9.62 Å². The van der Waals surface area contributed by atoms with Crippen molar-refractivity contribution < 1.29 is 17.9 Å². The summed E-state index contributed by atoms with van der Waals surface area (Å²) >= 11 is 6.20. The van der Waals surface area contributed by atoms with Crippen LogP contribution in [0.25, 0.3) is 0 Å². The third-order valence-corrected chi connectivity index (χ3v) is 6.26. The number of ether oxygens (including phenoxy) is 1. The van der Waals surface area contributed by atoms with Crippen molar-refractivity contribution in [2.45, 2.75) is 18.0 Å². The highest BCUT2D eigenvalue weighted by Crippen LogP contribution is 2.27. The molecule has 0 bridgehead atoms. The van der Waals surface area contributed by atoms with Gasteiger partial charge in [0, 0.05) is 20.1 Å². The van der Waals surface area contributed by atoms with Crippen LogP contribution in [0.3, 0.4) is 0 Å². The van der Waals surface area contributed by atoms with E-state index in [2.05, 4.69) is 4.72 Å². The second-order valence-corrected chi connectivity index (χ2v) is 9.10. The third-order valence-electron chi connectivity index (χ3n) is 4.56.